The molecule has 0 radical (unpaired) electrons. The fraction of sp³-hybridized carbons (Fsp3) is 0.692. The van der Waals surface area contributed by atoms with Crippen LogP contribution in [0.15, 0.2) is 11.6 Å². The number of hydrogen-bond acceptors (Lipinski definition) is 4. The SMILES string of the molecule is CCCCCNC(=O)C(C)NC(C)c1nccs1. The third-order valence-corrected chi connectivity index (χ3v) is 3.75. The lowest BCUT2D eigenvalue weighted by Gasteiger charge is -2.18. The molecule has 0 aliphatic carbocycles. The van der Waals surface area contributed by atoms with Crippen molar-refractivity contribution in [3.63, 3.8) is 0 Å². The Morgan fingerprint density at radius 2 is 2.22 bits per heavy atom. The van der Waals surface area contributed by atoms with E-state index in [-0.39, 0.29) is 18.0 Å². The lowest BCUT2D eigenvalue weighted by atomic mass is 10.2. The first kappa shape index (κ1) is 15.1. The minimum absolute atomic E-state index is 0.0644. The zero-order valence-corrected chi connectivity index (χ0v) is 12.2. The van der Waals surface area contributed by atoms with Gasteiger partial charge in [0.15, 0.2) is 0 Å². The summed E-state index contributed by atoms with van der Waals surface area (Å²) in [6.45, 7) is 6.84. The number of amides is 1. The lowest BCUT2D eigenvalue weighted by molar-refractivity contribution is -0.122. The van der Waals surface area contributed by atoms with Gasteiger partial charge in [0.25, 0.3) is 0 Å². The van der Waals surface area contributed by atoms with E-state index in [1.54, 1.807) is 17.5 Å². The van der Waals surface area contributed by atoms with Gasteiger partial charge >= 0.3 is 0 Å². The molecule has 5 heteroatoms. The van der Waals surface area contributed by atoms with Crippen molar-refractivity contribution < 1.29 is 4.79 Å². The van der Waals surface area contributed by atoms with E-state index >= 15 is 0 Å². The van der Waals surface area contributed by atoms with Gasteiger partial charge in [-0.1, -0.05) is 19.8 Å². The van der Waals surface area contributed by atoms with Crippen molar-refractivity contribution in [2.75, 3.05) is 6.54 Å². The number of aromatic nitrogens is 1. The summed E-state index contributed by atoms with van der Waals surface area (Å²) in [7, 11) is 0. The van der Waals surface area contributed by atoms with Crippen molar-refractivity contribution in [2.24, 2.45) is 0 Å². The molecule has 0 aromatic carbocycles. The predicted molar refractivity (Wildman–Crippen MR) is 75.7 cm³/mol. The van der Waals surface area contributed by atoms with E-state index in [9.17, 15) is 4.79 Å². The van der Waals surface area contributed by atoms with E-state index in [0.29, 0.717) is 0 Å². The second kappa shape index (κ2) is 8.21. The zero-order valence-electron chi connectivity index (χ0n) is 11.4. The number of unbranched alkanes of at least 4 members (excludes halogenated alkanes) is 2. The summed E-state index contributed by atoms with van der Waals surface area (Å²) in [6, 6.07) is -0.0769. The largest absolute Gasteiger partial charge is 0.355 e. The first-order valence-corrected chi connectivity index (χ1v) is 7.46. The van der Waals surface area contributed by atoms with Crippen molar-refractivity contribution in [3.05, 3.63) is 16.6 Å². The van der Waals surface area contributed by atoms with E-state index in [4.69, 9.17) is 0 Å². The number of carbonyl (C=O) groups excluding carboxylic acids is 1. The molecule has 2 N–H and O–H groups in total. The summed E-state index contributed by atoms with van der Waals surface area (Å²) >= 11 is 1.60. The maximum absolute atomic E-state index is 11.8. The van der Waals surface area contributed by atoms with Crippen LogP contribution in [0, 0.1) is 0 Å². The third kappa shape index (κ3) is 5.14. The molecule has 1 aromatic heterocycles. The van der Waals surface area contributed by atoms with Crippen LogP contribution < -0.4 is 10.6 Å². The minimum Gasteiger partial charge on any atom is -0.355 e. The summed E-state index contributed by atoms with van der Waals surface area (Å²) in [5, 5.41) is 9.17. The first-order chi connectivity index (χ1) is 8.65. The van der Waals surface area contributed by atoms with Crippen molar-refractivity contribution in [2.45, 2.75) is 52.1 Å². The minimum atomic E-state index is -0.189. The molecular weight excluding hydrogens is 246 g/mol. The van der Waals surface area contributed by atoms with Gasteiger partial charge < -0.3 is 5.32 Å². The third-order valence-electron chi connectivity index (χ3n) is 2.79. The first-order valence-electron chi connectivity index (χ1n) is 6.58. The van der Waals surface area contributed by atoms with E-state index in [0.717, 1.165) is 24.4 Å². The Morgan fingerprint density at radius 1 is 1.44 bits per heavy atom. The van der Waals surface area contributed by atoms with Gasteiger partial charge in [-0.25, -0.2) is 4.98 Å². The molecule has 1 aromatic rings. The van der Waals surface area contributed by atoms with Crippen molar-refractivity contribution >= 4 is 17.2 Å². The molecule has 1 heterocycles. The highest BCUT2D eigenvalue weighted by Crippen LogP contribution is 2.15. The average molecular weight is 269 g/mol. The number of carbonyl (C=O) groups is 1. The van der Waals surface area contributed by atoms with Gasteiger partial charge in [-0.05, 0) is 20.3 Å². The summed E-state index contributed by atoms with van der Waals surface area (Å²) in [5.74, 6) is 0.0644. The van der Waals surface area contributed by atoms with E-state index < -0.39 is 0 Å². The Hall–Kier alpha value is -0.940. The molecule has 0 bridgehead atoms. The van der Waals surface area contributed by atoms with Crippen LogP contribution in [0.4, 0.5) is 0 Å². The van der Waals surface area contributed by atoms with Crippen LogP contribution in [0.2, 0.25) is 0 Å². The summed E-state index contributed by atoms with van der Waals surface area (Å²) in [5.41, 5.74) is 0. The van der Waals surface area contributed by atoms with Gasteiger partial charge in [0, 0.05) is 18.1 Å². The van der Waals surface area contributed by atoms with Crippen LogP contribution in [-0.2, 0) is 4.79 Å². The molecule has 0 aliphatic rings. The highest BCUT2D eigenvalue weighted by molar-refractivity contribution is 7.09. The number of hydrogen-bond donors (Lipinski definition) is 2. The Labute approximate surface area is 113 Å². The molecule has 0 aliphatic heterocycles. The quantitative estimate of drug-likeness (QED) is 0.713. The maximum Gasteiger partial charge on any atom is 0.236 e. The molecule has 1 amide bonds. The molecule has 0 saturated heterocycles. The predicted octanol–water partition coefficient (Wildman–Crippen LogP) is 2.49. The second-order valence-corrected chi connectivity index (χ2v) is 5.40. The van der Waals surface area contributed by atoms with Crippen molar-refractivity contribution in [3.8, 4) is 0 Å². The molecule has 0 saturated carbocycles. The van der Waals surface area contributed by atoms with Crippen LogP contribution in [0.3, 0.4) is 0 Å². The summed E-state index contributed by atoms with van der Waals surface area (Å²) < 4.78 is 0. The molecular formula is C13H23N3OS. The Balaban J connectivity index is 2.27. The molecule has 0 fully saturated rings. The molecule has 2 unspecified atom stereocenters. The Kier molecular flexibility index (Phi) is 6.90. The van der Waals surface area contributed by atoms with Gasteiger partial charge in [-0.15, -0.1) is 11.3 Å². The summed E-state index contributed by atoms with van der Waals surface area (Å²) in [4.78, 5) is 16.1. The second-order valence-electron chi connectivity index (χ2n) is 4.48. The average Bonchev–Trinajstić information content (AvgIpc) is 2.88. The highest BCUT2D eigenvalue weighted by Gasteiger charge is 2.16. The van der Waals surface area contributed by atoms with Gasteiger partial charge in [0.2, 0.25) is 5.91 Å². The summed E-state index contributed by atoms with van der Waals surface area (Å²) in [6.07, 6.45) is 5.17. The topological polar surface area (TPSA) is 54.0 Å². The van der Waals surface area contributed by atoms with E-state index in [2.05, 4.69) is 22.5 Å². The maximum atomic E-state index is 11.8. The van der Waals surface area contributed by atoms with Crippen LogP contribution >= 0.6 is 11.3 Å². The van der Waals surface area contributed by atoms with Crippen LogP contribution in [-0.4, -0.2) is 23.5 Å². The molecule has 102 valence electrons. The van der Waals surface area contributed by atoms with Crippen molar-refractivity contribution in [1.82, 2.24) is 15.6 Å². The van der Waals surface area contributed by atoms with Gasteiger partial charge in [0.1, 0.15) is 5.01 Å². The molecule has 0 spiro atoms. The number of thiazole rings is 1. The smallest absolute Gasteiger partial charge is 0.236 e. The van der Waals surface area contributed by atoms with Crippen LogP contribution in [0.1, 0.15) is 51.1 Å². The zero-order chi connectivity index (χ0) is 13.4. The van der Waals surface area contributed by atoms with E-state index in [1.165, 1.54) is 6.42 Å². The molecule has 18 heavy (non-hydrogen) atoms. The fourth-order valence-electron chi connectivity index (χ4n) is 1.71. The normalized spacial score (nSPS) is 14.2. The van der Waals surface area contributed by atoms with Gasteiger partial charge in [0.05, 0.1) is 12.1 Å². The van der Waals surface area contributed by atoms with E-state index in [1.807, 2.05) is 19.2 Å². The fourth-order valence-corrected chi connectivity index (χ4v) is 2.37. The van der Waals surface area contributed by atoms with Gasteiger partial charge in [-0.2, -0.15) is 0 Å². The standard InChI is InChI=1S/C13H23N3OS/c1-4-5-6-7-14-12(17)10(2)16-11(3)13-15-8-9-18-13/h8-11,16H,4-7H2,1-3H3,(H,14,17). The Bertz CT molecular complexity index is 340. The van der Waals surface area contributed by atoms with Gasteiger partial charge in [-0.3, -0.25) is 10.1 Å². The molecule has 2 atom stereocenters. The number of nitrogens with zero attached hydrogens (tertiary/aromatic N) is 1. The van der Waals surface area contributed by atoms with Crippen LogP contribution in [0.5, 0.6) is 0 Å². The lowest BCUT2D eigenvalue weighted by Crippen LogP contribution is -2.43. The number of nitrogens with one attached hydrogen (secondary N) is 2. The monoisotopic (exact) mass is 269 g/mol. The molecule has 4 nitrogen and oxygen atoms in total. The van der Waals surface area contributed by atoms with Crippen LogP contribution in [0.25, 0.3) is 0 Å². The highest BCUT2D eigenvalue weighted by atomic mass is 32.1. The number of rotatable bonds is 8. The van der Waals surface area contributed by atoms with Crippen molar-refractivity contribution in [1.29, 1.82) is 0 Å². The molecule has 1 rings (SSSR count). The Morgan fingerprint density at radius 3 is 2.83 bits per heavy atom.